The highest BCUT2D eigenvalue weighted by atomic mass is 35.5. The second kappa shape index (κ2) is 12.7. The fraction of sp³-hybridized carbons (Fsp3) is 0.333. The van der Waals surface area contributed by atoms with Crippen molar-refractivity contribution in [3.8, 4) is 17.2 Å². The number of nitrogens with zero attached hydrogens (tertiary/aromatic N) is 2. The van der Waals surface area contributed by atoms with Crippen molar-refractivity contribution in [2.75, 3.05) is 14.2 Å². The predicted molar refractivity (Wildman–Crippen MR) is 127 cm³/mol. The molecule has 1 unspecified atom stereocenters. The quantitative estimate of drug-likeness (QED) is 0.415. The van der Waals surface area contributed by atoms with E-state index in [4.69, 9.17) is 19.9 Å². The van der Waals surface area contributed by atoms with Crippen LogP contribution in [0.3, 0.4) is 0 Å². The van der Waals surface area contributed by atoms with Crippen LogP contribution in [-0.2, 0) is 19.6 Å². The Balaban J connectivity index is 0.00000385. The number of nitrogens with two attached hydrogens (primary N) is 1. The predicted octanol–water partition coefficient (Wildman–Crippen LogP) is 3.38. The van der Waals surface area contributed by atoms with Crippen LogP contribution in [0.5, 0.6) is 17.2 Å². The Hall–Kier alpha value is -3.23. The van der Waals surface area contributed by atoms with Crippen LogP contribution < -0.4 is 19.9 Å². The molecule has 1 atom stereocenters. The lowest BCUT2D eigenvalue weighted by molar-refractivity contribution is 0.0995. The number of carbonyl (C=O) groups is 1. The number of aliphatic hydroxyl groups excluding tert-OH is 1. The lowest BCUT2D eigenvalue weighted by Crippen LogP contribution is -2.15. The van der Waals surface area contributed by atoms with E-state index in [9.17, 15) is 9.90 Å². The Bertz CT molecular complexity index is 1020. The number of para-hydroxylation sites is 1. The second-order valence-electron chi connectivity index (χ2n) is 7.48. The molecule has 3 aromatic rings. The van der Waals surface area contributed by atoms with Crippen molar-refractivity contribution in [3.63, 3.8) is 0 Å². The Morgan fingerprint density at radius 3 is 2.48 bits per heavy atom. The molecule has 8 nitrogen and oxygen atoms in total. The van der Waals surface area contributed by atoms with Crippen LogP contribution in [-0.4, -0.2) is 40.9 Å². The normalized spacial score (nSPS) is 11.4. The molecule has 3 rings (SSSR count). The number of aliphatic hydroxyl groups is 1. The topological polar surface area (TPSA) is 109 Å². The van der Waals surface area contributed by atoms with Gasteiger partial charge in [-0.2, -0.15) is 0 Å². The first kappa shape index (κ1) is 26.0. The summed E-state index contributed by atoms with van der Waals surface area (Å²) in [5.74, 6) is 1.66. The zero-order valence-electron chi connectivity index (χ0n) is 18.8. The Morgan fingerprint density at radius 1 is 1.15 bits per heavy atom. The molecule has 0 spiro atoms. The van der Waals surface area contributed by atoms with Crippen molar-refractivity contribution in [3.05, 3.63) is 71.8 Å². The summed E-state index contributed by atoms with van der Waals surface area (Å²) in [6.07, 6.45) is 4.65. The molecule has 3 N–H and O–H groups in total. The highest BCUT2D eigenvalue weighted by Gasteiger charge is 2.11. The Morgan fingerprint density at radius 2 is 1.85 bits per heavy atom. The molecule has 0 fully saturated rings. The maximum Gasteiger partial charge on any atom is 0.268 e. The van der Waals surface area contributed by atoms with Gasteiger partial charge in [0.15, 0.2) is 0 Å². The van der Waals surface area contributed by atoms with Gasteiger partial charge in [0.2, 0.25) is 0 Å². The van der Waals surface area contributed by atoms with E-state index in [0.29, 0.717) is 31.1 Å². The molecule has 9 heteroatoms. The Labute approximate surface area is 199 Å². The van der Waals surface area contributed by atoms with Crippen molar-refractivity contribution in [1.82, 2.24) is 9.55 Å². The summed E-state index contributed by atoms with van der Waals surface area (Å²) in [6, 6.07) is 13.5. The van der Waals surface area contributed by atoms with Crippen molar-refractivity contribution in [2.24, 2.45) is 5.73 Å². The maximum absolute atomic E-state index is 11.1. The van der Waals surface area contributed by atoms with Crippen molar-refractivity contribution >= 4 is 18.3 Å². The van der Waals surface area contributed by atoms with E-state index in [1.807, 2.05) is 42.5 Å². The minimum Gasteiger partial charge on any atom is -0.497 e. The van der Waals surface area contributed by atoms with E-state index in [0.717, 1.165) is 29.7 Å². The summed E-state index contributed by atoms with van der Waals surface area (Å²) in [5, 5.41) is 10.3. The SMILES string of the molecule is COc1cc(COc2ccccc2CCCC(O)Cn2cnc(C(N)=O)c2)cc(OC)c1.Cl. The summed E-state index contributed by atoms with van der Waals surface area (Å²) in [4.78, 5) is 15.0. The molecule has 0 saturated heterocycles. The van der Waals surface area contributed by atoms with Crippen LogP contribution >= 0.6 is 12.4 Å². The van der Waals surface area contributed by atoms with Crippen molar-refractivity contribution < 1.29 is 24.1 Å². The number of benzene rings is 2. The first-order chi connectivity index (χ1) is 15.5. The highest BCUT2D eigenvalue weighted by molar-refractivity contribution is 5.90. The molecule has 0 bridgehead atoms. The first-order valence-corrected chi connectivity index (χ1v) is 10.4. The van der Waals surface area contributed by atoms with Gasteiger partial charge in [-0.3, -0.25) is 4.79 Å². The smallest absolute Gasteiger partial charge is 0.268 e. The van der Waals surface area contributed by atoms with Crippen LogP contribution in [0.4, 0.5) is 0 Å². The molecule has 178 valence electrons. The number of aromatic nitrogens is 2. The molecule has 0 aliphatic heterocycles. The van der Waals surface area contributed by atoms with Gasteiger partial charge >= 0.3 is 0 Å². The van der Waals surface area contributed by atoms with Gasteiger partial charge in [0.05, 0.1) is 26.7 Å². The van der Waals surface area contributed by atoms with Gasteiger partial charge in [0, 0.05) is 18.8 Å². The van der Waals surface area contributed by atoms with Gasteiger partial charge in [-0.1, -0.05) is 18.2 Å². The minimum atomic E-state index is -0.581. The number of methoxy groups -OCH3 is 2. The second-order valence-corrected chi connectivity index (χ2v) is 7.48. The zero-order chi connectivity index (χ0) is 22.9. The number of rotatable bonds is 12. The van der Waals surface area contributed by atoms with Gasteiger partial charge < -0.3 is 29.6 Å². The molecular weight excluding hydrogens is 446 g/mol. The molecule has 0 radical (unpaired) electrons. The molecule has 1 aromatic heterocycles. The van der Waals surface area contributed by atoms with Crippen LogP contribution in [0, 0.1) is 0 Å². The van der Waals surface area contributed by atoms with Crippen molar-refractivity contribution in [1.29, 1.82) is 0 Å². The fourth-order valence-corrected chi connectivity index (χ4v) is 3.41. The summed E-state index contributed by atoms with van der Waals surface area (Å²) in [5.41, 5.74) is 7.42. The standard InChI is InChI=1S/C24H29N3O5.ClH/c1-30-20-10-17(11-21(12-20)31-2)15-32-23-9-4-3-6-18(23)7-5-8-19(28)13-27-14-22(24(25)29)26-16-27;/h3-4,6,9-12,14,16,19,28H,5,7-8,13,15H2,1-2H3,(H2,25,29);1H. The van der Waals surface area contributed by atoms with Crippen LogP contribution in [0.25, 0.3) is 0 Å². The Kier molecular flexibility index (Phi) is 10.0. The molecule has 2 aromatic carbocycles. The third-order valence-electron chi connectivity index (χ3n) is 5.07. The van der Waals surface area contributed by atoms with Gasteiger partial charge in [0.25, 0.3) is 5.91 Å². The number of aryl methyl sites for hydroxylation is 1. The number of halogens is 1. The van der Waals surface area contributed by atoms with Crippen LogP contribution in [0.1, 0.15) is 34.5 Å². The van der Waals surface area contributed by atoms with Crippen molar-refractivity contribution in [2.45, 2.75) is 38.5 Å². The number of amides is 1. The van der Waals surface area contributed by atoms with E-state index in [2.05, 4.69) is 4.98 Å². The summed E-state index contributed by atoms with van der Waals surface area (Å²) in [7, 11) is 3.24. The number of hydrogen-bond donors (Lipinski definition) is 2. The van der Waals surface area contributed by atoms with E-state index in [1.54, 1.807) is 25.0 Å². The first-order valence-electron chi connectivity index (χ1n) is 10.4. The van der Waals surface area contributed by atoms with E-state index < -0.39 is 12.0 Å². The maximum atomic E-state index is 11.1. The number of primary amides is 1. The summed E-state index contributed by atoms with van der Waals surface area (Å²) >= 11 is 0. The molecule has 33 heavy (non-hydrogen) atoms. The van der Waals surface area contributed by atoms with E-state index >= 15 is 0 Å². The number of imidazole rings is 1. The molecule has 0 saturated carbocycles. The molecule has 0 aliphatic rings. The van der Waals surface area contributed by atoms with Gasteiger partial charge in [-0.25, -0.2) is 4.98 Å². The minimum absolute atomic E-state index is 0. The van der Waals surface area contributed by atoms with Crippen LogP contribution in [0.2, 0.25) is 0 Å². The van der Waals surface area contributed by atoms with Gasteiger partial charge in [0.1, 0.15) is 29.5 Å². The van der Waals surface area contributed by atoms with E-state index in [-0.39, 0.29) is 18.1 Å². The fourth-order valence-electron chi connectivity index (χ4n) is 3.41. The monoisotopic (exact) mass is 475 g/mol. The number of ether oxygens (including phenoxy) is 3. The summed E-state index contributed by atoms with van der Waals surface area (Å²) < 4.78 is 18.4. The van der Waals surface area contributed by atoms with Gasteiger partial charge in [-0.15, -0.1) is 12.4 Å². The van der Waals surface area contributed by atoms with Gasteiger partial charge in [-0.05, 0) is 48.6 Å². The molecular formula is C24H30ClN3O5. The third kappa shape index (κ3) is 7.69. The zero-order valence-corrected chi connectivity index (χ0v) is 19.6. The largest absolute Gasteiger partial charge is 0.497 e. The lowest BCUT2D eigenvalue weighted by Gasteiger charge is -2.14. The molecule has 1 amide bonds. The molecule has 0 aliphatic carbocycles. The molecule has 1 heterocycles. The number of carbonyl (C=O) groups excluding carboxylic acids is 1. The van der Waals surface area contributed by atoms with E-state index in [1.165, 1.54) is 6.33 Å². The third-order valence-corrected chi connectivity index (χ3v) is 5.07. The lowest BCUT2D eigenvalue weighted by atomic mass is 10.0. The van der Waals surface area contributed by atoms with Crippen LogP contribution in [0.15, 0.2) is 55.0 Å². The average Bonchev–Trinajstić information content (AvgIpc) is 3.27. The average molecular weight is 476 g/mol. The summed E-state index contributed by atoms with van der Waals surface area (Å²) in [6.45, 7) is 0.742. The highest BCUT2D eigenvalue weighted by Crippen LogP contribution is 2.25. The number of hydrogen-bond acceptors (Lipinski definition) is 6.